The number of hydrogen-bond acceptors (Lipinski definition) is 5. The van der Waals surface area contributed by atoms with Gasteiger partial charge in [0, 0.05) is 5.39 Å². The summed E-state index contributed by atoms with van der Waals surface area (Å²) in [5, 5.41) is 22.9. The van der Waals surface area contributed by atoms with E-state index in [0.717, 1.165) is 16.5 Å². The third kappa shape index (κ3) is 2.98. The van der Waals surface area contributed by atoms with Crippen LogP contribution in [0, 0.1) is 11.3 Å². The van der Waals surface area contributed by atoms with Crippen LogP contribution in [0.1, 0.15) is 18.4 Å². The third-order valence-electron chi connectivity index (χ3n) is 4.75. The minimum atomic E-state index is -1.35. The molecule has 4 rings (SSSR count). The lowest BCUT2D eigenvalue weighted by atomic mass is 9.99. The molecule has 0 radical (unpaired) electrons. The minimum Gasteiger partial charge on any atom is -0.494 e. The lowest BCUT2D eigenvalue weighted by Gasteiger charge is -2.14. The molecule has 134 valence electrons. The Labute approximate surface area is 156 Å². The molecule has 0 atom stereocenters. The number of pyridine rings is 1. The number of nitrogens with zero attached hydrogens (tertiary/aromatic N) is 2. The Morgan fingerprint density at radius 2 is 2.00 bits per heavy atom. The summed E-state index contributed by atoms with van der Waals surface area (Å²) >= 11 is 0. The molecule has 1 aromatic heterocycles. The summed E-state index contributed by atoms with van der Waals surface area (Å²) in [4.78, 5) is 16.7. The first kappa shape index (κ1) is 17.0. The molecule has 0 unspecified atom stereocenters. The summed E-state index contributed by atoms with van der Waals surface area (Å²) in [6.07, 6.45) is 0.825. The molecule has 1 saturated carbocycles. The first-order valence-corrected chi connectivity index (χ1v) is 8.57. The molecule has 6 nitrogen and oxygen atoms in total. The Morgan fingerprint density at radius 3 is 2.63 bits per heavy atom. The minimum absolute atomic E-state index is 0.124. The molecule has 1 aliphatic rings. The zero-order chi connectivity index (χ0) is 19.0. The molecule has 0 bridgehead atoms. The van der Waals surface area contributed by atoms with Crippen molar-refractivity contribution in [1.82, 2.24) is 4.98 Å². The molecule has 0 spiro atoms. The lowest BCUT2D eigenvalue weighted by molar-refractivity contribution is -0.125. The van der Waals surface area contributed by atoms with Gasteiger partial charge in [0.2, 0.25) is 0 Å². The van der Waals surface area contributed by atoms with Gasteiger partial charge in [-0.2, -0.15) is 5.26 Å². The summed E-state index contributed by atoms with van der Waals surface area (Å²) in [7, 11) is 1.54. The van der Waals surface area contributed by atoms with E-state index in [1.165, 1.54) is 0 Å². The van der Waals surface area contributed by atoms with Crippen LogP contribution >= 0.6 is 0 Å². The van der Waals surface area contributed by atoms with Crippen molar-refractivity contribution in [3.63, 3.8) is 0 Å². The van der Waals surface area contributed by atoms with E-state index in [1.807, 2.05) is 42.5 Å². The van der Waals surface area contributed by atoms with Crippen LogP contribution in [0.2, 0.25) is 0 Å². The first-order valence-electron chi connectivity index (χ1n) is 8.57. The van der Waals surface area contributed by atoms with Crippen molar-refractivity contribution in [2.24, 2.45) is 0 Å². The highest BCUT2D eigenvalue weighted by molar-refractivity contribution is 6.03. The maximum absolute atomic E-state index is 12.2. The van der Waals surface area contributed by atoms with Gasteiger partial charge >= 0.3 is 0 Å². The van der Waals surface area contributed by atoms with Crippen LogP contribution in [0.4, 0.5) is 5.82 Å². The number of anilines is 1. The average molecular weight is 359 g/mol. The molecular weight excluding hydrogens is 342 g/mol. The van der Waals surface area contributed by atoms with Crippen LogP contribution < -0.4 is 10.1 Å². The van der Waals surface area contributed by atoms with E-state index >= 15 is 0 Å². The topological polar surface area (TPSA) is 95.2 Å². The molecular formula is C21H17N3O3. The number of ether oxygens (including phenoxy) is 1. The average Bonchev–Trinajstić information content (AvgIpc) is 3.46. The smallest absolute Gasteiger partial charge is 0.257 e. The molecule has 6 heteroatoms. The number of hydrogen-bond donors (Lipinski definition) is 2. The fourth-order valence-electron chi connectivity index (χ4n) is 3.02. The van der Waals surface area contributed by atoms with Crippen LogP contribution in [-0.2, 0) is 4.79 Å². The summed E-state index contributed by atoms with van der Waals surface area (Å²) in [5.74, 6) is 0.123. The van der Waals surface area contributed by atoms with Crippen molar-refractivity contribution >= 4 is 22.6 Å². The number of methoxy groups -OCH3 is 1. The predicted octanol–water partition coefficient (Wildman–Crippen LogP) is 3.25. The molecule has 2 aromatic carbocycles. The van der Waals surface area contributed by atoms with E-state index < -0.39 is 11.5 Å². The highest BCUT2D eigenvalue weighted by Crippen LogP contribution is 2.38. The molecule has 1 amide bonds. The standard InChI is InChI=1S/C21H17N3O3/c1-27-17-8-7-15(13-5-3-2-4-6-13)16-11-14(12-22)19(23-18(16)17)24-20(25)21(26)9-10-21/h2-8,11,26H,9-10H2,1H3,(H,23,24,25). The number of carbonyl (C=O) groups excluding carboxylic acids is 1. The molecule has 1 fully saturated rings. The molecule has 0 saturated heterocycles. The zero-order valence-corrected chi connectivity index (χ0v) is 14.7. The Kier molecular flexibility index (Phi) is 4.02. The second-order valence-electron chi connectivity index (χ2n) is 6.56. The zero-order valence-electron chi connectivity index (χ0n) is 14.7. The molecule has 27 heavy (non-hydrogen) atoms. The Hall–Kier alpha value is -3.43. The summed E-state index contributed by atoms with van der Waals surface area (Å²) in [6.45, 7) is 0. The molecule has 1 heterocycles. The molecule has 2 N–H and O–H groups in total. The number of nitrogens with one attached hydrogen (secondary N) is 1. The summed E-state index contributed by atoms with van der Waals surface area (Å²) < 4.78 is 5.42. The fourth-order valence-corrected chi connectivity index (χ4v) is 3.02. The summed E-state index contributed by atoms with van der Waals surface area (Å²) in [5.41, 5.74) is 1.31. The van der Waals surface area contributed by atoms with Crippen LogP contribution in [0.5, 0.6) is 5.75 Å². The number of rotatable bonds is 4. The second kappa shape index (κ2) is 6.38. The van der Waals surface area contributed by atoms with Crippen LogP contribution in [0.25, 0.3) is 22.0 Å². The van der Waals surface area contributed by atoms with Gasteiger partial charge < -0.3 is 15.2 Å². The van der Waals surface area contributed by atoms with Gasteiger partial charge in [-0.25, -0.2) is 4.98 Å². The van der Waals surface area contributed by atoms with Gasteiger partial charge in [-0.1, -0.05) is 30.3 Å². The second-order valence-corrected chi connectivity index (χ2v) is 6.56. The Morgan fingerprint density at radius 1 is 1.26 bits per heavy atom. The predicted molar refractivity (Wildman–Crippen MR) is 101 cm³/mol. The van der Waals surface area contributed by atoms with Crippen molar-refractivity contribution in [2.75, 3.05) is 12.4 Å². The van der Waals surface area contributed by atoms with Crippen LogP contribution in [0.3, 0.4) is 0 Å². The monoisotopic (exact) mass is 359 g/mol. The highest BCUT2D eigenvalue weighted by Gasteiger charge is 2.48. The molecule has 3 aromatic rings. The number of aromatic nitrogens is 1. The van der Waals surface area contributed by atoms with Crippen molar-refractivity contribution < 1.29 is 14.6 Å². The van der Waals surface area contributed by atoms with E-state index in [9.17, 15) is 15.2 Å². The van der Waals surface area contributed by atoms with E-state index in [2.05, 4.69) is 16.4 Å². The van der Waals surface area contributed by atoms with Crippen molar-refractivity contribution in [3.8, 4) is 22.9 Å². The first-order chi connectivity index (χ1) is 13.1. The van der Waals surface area contributed by atoms with E-state index in [1.54, 1.807) is 13.2 Å². The van der Waals surface area contributed by atoms with Gasteiger partial charge in [-0.3, -0.25) is 4.79 Å². The number of fused-ring (bicyclic) bond motifs is 1. The Balaban J connectivity index is 1.90. The third-order valence-corrected chi connectivity index (χ3v) is 4.75. The highest BCUT2D eigenvalue weighted by atomic mass is 16.5. The fraction of sp³-hybridized carbons (Fsp3) is 0.190. The number of nitriles is 1. The molecule has 0 aliphatic heterocycles. The number of aliphatic hydroxyl groups is 1. The van der Waals surface area contributed by atoms with Crippen LogP contribution in [0.15, 0.2) is 48.5 Å². The maximum atomic E-state index is 12.2. The number of carbonyl (C=O) groups is 1. The van der Waals surface area contributed by atoms with E-state index in [4.69, 9.17) is 4.74 Å². The van der Waals surface area contributed by atoms with E-state index in [-0.39, 0.29) is 11.4 Å². The maximum Gasteiger partial charge on any atom is 0.257 e. The normalized spacial score (nSPS) is 14.4. The van der Waals surface area contributed by atoms with Crippen molar-refractivity contribution in [3.05, 3.63) is 54.1 Å². The summed E-state index contributed by atoms with van der Waals surface area (Å²) in [6, 6.07) is 17.3. The number of amides is 1. The lowest BCUT2D eigenvalue weighted by Crippen LogP contribution is -2.30. The van der Waals surface area contributed by atoms with Crippen molar-refractivity contribution in [1.29, 1.82) is 5.26 Å². The largest absolute Gasteiger partial charge is 0.494 e. The van der Waals surface area contributed by atoms with Gasteiger partial charge in [0.1, 0.15) is 22.9 Å². The quantitative estimate of drug-likeness (QED) is 0.746. The van der Waals surface area contributed by atoms with Gasteiger partial charge in [0.25, 0.3) is 5.91 Å². The van der Waals surface area contributed by atoms with Gasteiger partial charge in [-0.15, -0.1) is 0 Å². The van der Waals surface area contributed by atoms with E-state index in [0.29, 0.717) is 24.1 Å². The van der Waals surface area contributed by atoms with Crippen LogP contribution in [-0.4, -0.2) is 28.7 Å². The molecule has 1 aliphatic carbocycles. The van der Waals surface area contributed by atoms with Gasteiger partial charge in [-0.05, 0) is 42.2 Å². The Bertz CT molecular complexity index is 1080. The van der Waals surface area contributed by atoms with Gasteiger partial charge in [0.05, 0.1) is 12.7 Å². The van der Waals surface area contributed by atoms with Gasteiger partial charge in [0.15, 0.2) is 5.82 Å². The van der Waals surface area contributed by atoms with Crippen molar-refractivity contribution in [2.45, 2.75) is 18.4 Å². The number of benzene rings is 2. The SMILES string of the molecule is COc1ccc(-c2ccccc2)c2cc(C#N)c(NC(=O)C3(O)CC3)nc12.